The normalized spacial score (nSPS) is 11.8. The maximum Gasteiger partial charge on any atom is 0.309 e. The van der Waals surface area contributed by atoms with Gasteiger partial charge in [-0.05, 0) is 12.8 Å². The van der Waals surface area contributed by atoms with Gasteiger partial charge in [0.2, 0.25) is 0 Å². The molecule has 0 aromatic carbocycles. The Hall–Kier alpha value is -1.89. The number of unbranched alkanes of at least 4 members (excludes halogenated alkanes) is 18. The van der Waals surface area contributed by atoms with Gasteiger partial charge in [-0.2, -0.15) is 0 Å². The molecule has 0 aromatic rings. The van der Waals surface area contributed by atoms with Crippen molar-refractivity contribution in [1.82, 2.24) is 0 Å². The molecule has 0 spiro atoms. The number of aliphatic carboxylic acids is 3. The van der Waals surface area contributed by atoms with E-state index in [4.69, 9.17) is 10.2 Å². The number of carboxylic acid groups (broad SMARTS) is 3. The van der Waals surface area contributed by atoms with Crippen LogP contribution in [0.15, 0.2) is 12.2 Å². The first-order valence-corrected chi connectivity index (χ1v) is 16.4. The molecule has 0 aliphatic heterocycles. The molecule has 0 radical (unpaired) electrons. The summed E-state index contributed by atoms with van der Waals surface area (Å²) < 4.78 is 0.177. The van der Waals surface area contributed by atoms with Gasteiger partial charge < -0.3 is 24.6 Å². The molecule has 0 saturated carbocycles. The minimum absolute atomic E-state index is 0.115. The zero-order chi connectivity index (χ0) is 29.7. The quantitative estimate of drug-likeness (QED) is 0.0517. The van der Waals surface area contributed by atoms with Gasteiger partial charge in [-0.25, -0.2) is 0 Å². The Bertz CT molecular complexity index is 618. The van der Waals surface area contributed by atoms with Gasteiger partial charge >= 0.3 is 11.9 Å². The fourth-order valence-electron chi connectivity index (χ4n) is 5.41. The largest absolute Gasteiger partial charge is 0.550 e. The third kappa shape index (κ3) is 26.3. The smallest absolute Gasteiger partial charge is 0.309 e. The Morgan fingerprint density at radius 3 is 1.25 bits per heavy atom. The summed E-state index contributed by atoms with van der Waals surface area (Å²) in [6.45, 7) is 3.45. The topological polar surface area (TPSA) is 115 Å². The van der Waals surface area contributed by atoms with Gasteiger partial charge in [-0.15, -0.1) is 0 Å². The number of nitrogens with zero attached hydrogens (tertiary/aromatic N) is 1. The van der Waals surface area contributed by atoms with Crippen molar-refractivity contribution in [3.05, 3.63) is 12.2 Å². The first kappa shape index (κ1) is 38.1. The number of hydrogen-bond acceptors (Lipinski definition) is 4. The predicted octanol–water partition coefficient (Wildman–Crippen LogP) is 7.27. The van der Waals surface area contributed by atoms with Crippen LogP contribution in [0.5, 0.6) is 0 Å². The van der Waals surface area contributed by atoms with Crippen LogP contribution >= 0.6 is 0 Å². The summed E-state index contributed by atoms with van der Waals surface area (Å²) >= 11 is 0. The lowest BCUT2D eigenvalue weighted by Crippen LogP contribution is -2.52. The summed E-state index contributed by atoms with van der Waals surface area (Å²) in [4.78, 5) is 33.3. The molecule has 0 saturated heterocycles. The molecule has 0 unspecified atom stereocenters. The SMILES string of the molecule is CCCCCCCCCCCCCCCCCCCC/C=C/CC[N+](CCC(=O)[O-])(CCC(=O)O)CCC(=O)O. The van der Waals surface area contributed by atoms with Crippen LogP contribution in [-0.4, -0.2) is 58.8 Å². The fraction of sp³-hybridized carbons (Fsp3) is 0.848. The second-order valence-electron chi connectivity index (χ2n) is 11.7. The lowest BCUT2D eigenvalue weighted by atomic mass is 10.0. The Morgan fingerprint density at radius 1 is 0.525 bits per heavy atom. The molecular weight excluding hydrogens is 506 g/mol. The molecule has 0 aliphatic rings. The first-order chi connectivity index (χ1) is 19.3. The van der Waals surface area contributed by atoms with E-state index in [9.17, 15) is 19.5 Å². The molecule has 0 heterocycles. The van der Waals surface area contributed by atoms with Crippen LogP contribution in [0.25, 0.3) is 0 Å². The molecule has 2 N–H and O–H groups in total. The van der Waals surface area contributed by atoms with Gasteiger partial charge in [-0.1, -0.05) is 128 Å². The molecule has 234 valence electrons. The highest BCUT2D eigenvalue weighted by Gasteiger charge is 2.28. The van der Waals surface area contributed by atoms with Gasteiger partial charge in [-0.3, -0.25) is 9.59 Å². The van der Waals surface area contributed by atoms with Gasteiger partial charge in [0.25, 0.3) is 0 Å². The van der Waals surface area contributed by atoms with Crippen LogP contribution in [0.3, 0.4) is 0 Å². The molecule has 0 atom stereocenters. The van der Waals surface area contributed by atoms with E-state index >= 15 is 0 Å². The van der Waals surface area contributed by atoms with E-state index in [2.05, 4.69) is 19.1 Å². The molecule has 40 heavy (non-hydrogen) atoms. The van der Waals surface area contributed by atoms with Gasteiger partial charge in [0.1, 0.15) is 0 Å². The van der Waals surface area contributed by atoms with Crippen molar-refractivity contribution in [1.29, 1.82) is 0 Å². The van der Waals surface area contributed by atoms with Gasteiger partial charge in [0, 0.05) is 18.8 Å². The third-order valence-corrected chi connectivity index (χ3v) is 8.05. The molecule has 0 aliphatic carbocycles. The van der Waals surface area contributed by atoms with Crippen LogP contribution < -0.4 is 5.11 Å². The monoisotopic (exact) mass is 567 g/mol. The molecular formula is C33H61NO6. The van der Waals surface area contributed by atoms with Crippen molar-refractivity contribution in [2.75, 3.05) is 26.2 Å². The van der Waals surface area contributed by atoms with E-state index in [1.165, 1.54) is 109 Å². The Balaban J connectivity index is 3.87. The second kappa shape index (κ2) is 27.3. The number of rotatable bonds is 31. The van der Waals surface area contributed by atoms with E-state index in [0.717, 1.165) is 12.8 Å². The van der Waals surface area contributed by atoms with E-state index in [1.807, 2.05) is 0 Å². The summed E-state index contributed by atoms with van der Waals surface area (Å²) in [6, 6.07) is 0. The number of carbonyl (C=O) groups excluding carboxylic acids is 1. The van der Waals surface area contributed by atoms with Crippen LogP contribution in [-0.2, 0) is 14.4 Å². The zero-order valence-electron chi connectivity index (χ0n) is 25.7. The maximum atomic E-state index is 11.1. The average molecular weight is 568 g/mol. The van der Waals surface area contributed by atoms with Gasteiger partial charge in [0.15, 0.2) is 0 Å². The number of quaternary nitrogens is 1. The van der Waals surface area contributed by atoms with E-state index < -0.39 is 17.9 Å². The molecule has 0 amide bonds. The van der Waals surface area contributed by atoms with Crippen molar-refractivity contribution in [2.24, 2.45) is 0 Å². The molecule has 0 bridgehead atoms. The molecule has 0 rings (SSSR count). The Kier molecular flexibility index (Phi) is 26.0. The number of carbonyl (C=O) groups is 3. The van der Waals surface area contributed by atoms with Crippen LogP contribution in [0.2, 0.25) is 0 Å². The zero-order valence-corrected chi connectivity index (χ0v) is 25.7. The second-order valence-corrected chi connectivity index (χ2v) is 11.7. The van der Waals surface area contributed by atoms with Crippen LogP contribution in [0.1, 0.15) is 155 Å². The van der Waals surface area contributed by atoms with Crippen LogP contribution in [0.4, 0.5) is 0 Å². The maximum absolute atomic E-state index is 11.1. The minimum atomic E-state index is -1.20. The summed E-state index contributed by atoms with van der Waals surface area (Å²) in [5, 5.41) is 29.3. The third-order valence-electron chi connectivity index (χ3n) is 8.05. The predicted molar refractivity (Wildman–Crippen MR) is 161 cm³/mol. The van der Waals surface area contributed by atoms with Crippen molar-refractivity contribution < 1.29 is 34.2 Å². The summed E-state index contributed by atoms with van der Waals surface area (Å²) in [5.74, 6) is -3.12. The summed E-state index contributed by atoms with van der Waals surface area (Å²) in [5.41, 5.74) is 0. The molecule has 0 aromatic heterocycles. The fourth-order valence-corrected chi connectivity index (χ4v) is 5.41. The summed E-state index contributed by atoms with van der Waals surface area (Å²) in [6.07, 6.45) is 30.0. The van der Waals surface area contributed by atoms with E-state index in [1.54, 1.807) is 0 Å². The lowest BCUT2D eigenvalue weighted by Gasteiger charge is -2.38. The van der Waals surface area contributed by atoms with Crippen molar-refractivity contribution in [3.63, 3.8) is 0 Å². The van der Waals surface area contributed by atoms with Crippen molar-refractivity contribution >= 4 is 17.9 Å². The minimum Gasteiger partial charge on any atom is -0.550 e. The number of allylic oxidation sites excluding steroid dienone is 1. The highest BCUT2D eigenvalue weighted by molar-refractivity contribution is 5.67. The number of carboxylic acids is 3. The van der Waals surface area contributed by atoms with Crippen molar-refractivity contribution in [3.8, 4) is 0 Å². The highest BCUT2D eigenvalue weighted by atomic mass is 16.4. The first-order valence-electron chi connectivity index (χ1n) is 16.4. The van der Waals surface area contributed by atoms with Crippen molar-refractivity contribution in [2.45, 2.75) is 155 Å². The highest BCUT2D eigenvalue weighted by Crippen LogP contribution is 2.16. The Morgan fingerprint density at radius 2 is 0.875 bits per heavy atom. The van der Waals surface area contributed by atoms with Gasteiger partial charge in [0.05, 0.1) is 39.0 Å². The van der Waals surface area contributed by atoms with Crippen LogP contribution in [0, 0.1) is 0 Å². The number of hydrogen-bond donors (Lipinski definition) is 2. The molecule has 0 fully saturated rings. The molecule has 7 heteroatoms. The standard InChI is InChI=1S/C33H61NO6/c1-2-3-4-5-6-7-8-9-10-11-12-13-14-15-16-17-18-19-20-21-22-23-27-34(28-24-31(35)36,29-25-32(37)38)30-26-33(39)40/h21-22H,2-20,23-30H2,1H3,(H2-,35,36,37,38,39,40)/b22-21+. The Labute approximate surface area is 245 Å². The van der Waals surface area contributed by atoms with E-state index in [-0.39, 0.29) is 43.4 Å². The summed E-state index contributed by atoms with van der Waals surface area (Å²) in [7, 11) is 0. The van der Waals surface area contributed by atoms with E-state index in [0.29, 0.717) is 13.0 Å². The average Bonchev–Trinajstić information content (AvgIpc) is 2.92. The molecule has 7 nitrogen and oxygen atoms in total. The lowest BCUT2D eigenvalue weighted by molar-refractivity contribution is -0.926.